The normalized spacial score (nSPS) is 7.08. The Kier molecular flexibility index (Phi) is 9.72. The van der Waals surface area contributed by atoms with E-state index in [-0.39, 0.29) is 21.9 Å². The molecule has 2 rings (SSSR count). The van der Waals surface area contributed by atoms with Gasteiger partial charge in [-0.05, 0) is 18.2 Å². The largest absolute Gasteiger partial charge is 0.412 e. The molecule has 0 aliphatic rings. The van der Waals surface area contributed by atoms with Gasteiger partial charge in [0.25, 0.3) is 0 Å². The molecule has 13 heavy (non-hydrogen) atoms. The lowest BCUT2D eigenvalue weighted by atomic mass is 10.4. The molecule has 2 aromatic heterocycles. The molecule has 0 saturated carbocycles. The number of rotatable bonds is 0. The van der Waals surface area contributed by atoms with Crippen LogP contribution in [-0.2, 0) is 0 Å². The topological polar surface area (TPSA) is 155 Å². The Morgan fingerprint density at radius 2 is 1.69 bits per heavy atom. The SMILES string of the molecule is O.O.O.O.c1cnc2cc[nH]c2c1. The van der Waals surface area contributed by atoms with Gasteiger partial charge >= 0.3 is 0 Å². The van der Waals surface area contributed by atoms with Crippen LogP contribution in [0.5, 0.6) is 0 Å². The second-order valence-corrected chi connectivity index (χ2v) is 1.91. The predicted molar refractivity (Wildman–Crippen MR) is 50.5 cm³/mol. The number of nitrogens with one attached hydrogen (secondary N) is 1. The second-order valence-electron chi connectivity index (χ2n) is 1.91. The predicted octanol–water partition coefficient (Wildman–Crippen LogP) is -1.74. The molecule has 0 amide bonds. The van der Waals surface area contributed by atoms with Gasteiger partial charge in [0.2, 0.25) is 0 Å². The maximum absolute atomic E-state index is 4.11. The molecule has 0 atom stereocenters. The molecule has 6 heteroatoms. The lowest BCUT2D eigenvalue weighted by Crippen LogP contribution is -1.68. The average molecular weight is 190 g/mol. The van der Waals surface area contributed by atoms with E-state index in [0.29, 0.717) is 0 Å². The van der Waals surface area contributed by atoms with Crippen LogP contribution in [0, 0.1) is 0 Å². The summed E-state index contributed by atoms with van der Waals surface area (Å²) in [6.07, 6.45) is 3.67. The number of H-pyrrole nitrogens is 1. The highest BCUT2D eigenvalue weighted by Gasteiger charge is 1.88. The summed E-state index contributed by atoms with van der Waals surface area (Å²) in [4.78, 5) is 7.17. The minimum Gasteiger partial charge on any atom is -0.412 e. The summed E-state index contributed by atoms with van der Waals surface area (Å²) in [5.74, 6) is 0. The molecule has 6 nitrogen and oxygen atoms in total. The average Bonchev–Trinajstić information content (AvgIpc) is 2.33. The van der Waals surface area contributed by atoms with Crippen LogP contribution in [0.4, 0.5) is 0 Å². The Balaban J connectivity index is -0.000000250. The van der Waals surface area contributed by atoms with Crippen molar-refractivity contribution in [3.63, 3.8) is 0 Å². The highest BCUT2D eigenvalue weighted by atomic mass is 16.0. The molecule has 0 spiro atoms. The Hall–Kier alpha value is -1.47. The Morgan fingerprint density at radius 1 is 1.00 bits per heavy atom. The van der Waals surface area contributed by atoms with E-state index in [9.17, 15) is 0 Å². The molecule has 0 radical (unpaired) electrons. The van der Waals surface area contributed by atoms with Gasteiger partial charge in [-0.2, -0.15) is 0 Å². The first kappa shape index (κ1) is 17.6. The summed E-state index contributed by atoms with van der Waals surface area (Å²) in [7, 11) is 0. The number of pyridine rings is 1. The summed E-state index contributed by atoms with van der Waals surface area (Å²) < 4.78 is 0. The van der Waals surface area contributed by atoms with Crippen molar-refractivity contribution < 1.29 is 21.9 Å². The zero-order valence-corrected chi connectivity index (χ0v) is 6.83. The zero-order valence-electron chi connectivity index (χ0n) is 6.83. The summed E-state index contributed by atoms with van der Waals surface area (Å²) in [5.41, 5.74) is 2.12. The van der Waals surface area contributed by atoms with Gasteiger partial charge < -0.3 is 26.9 Å². The van der Waals surface area contributed by atoms with Crippen LogP contribution in [0.1, 0.15) is 0 Å². The molecule has 0 fully saturated rings. The summed E-state index contributed by atoms with van der Waals surface area (Å²) in [6, 6.07) is 5.87. The molecule has 0 aromatic carbocycles. The number of hydrogen-bond acceptors (Lipinski definition) is 1. The first-order chi connectivity index (χ1) is 4.47. The minimum atomic E-state index is 0. The lowest BCUT2D eigenvalue weighted by molar-refractivity contribution is 0.823. The first-order valence-corrected chi connectivity index (χ1v) is 2.85. The smallest absolute Gasteiger partial charge is 0.0878 e. The molecule has 2 heterocycles. The third kappa shape index (κ3) is 3.18. The van der Waals surface area contributed by atoms with Crippen molar-refractivity contribution in [2.45, 2.75) is 0 Å². The molecule has 0 unspecified atom stereocenters. The van der Waals surface area contributed by atoms with Crippen LogP contribution in [-0.4, -0.2) is 31.9 Å². The van der Waals surface area contributed by atoms with E-state index in [2.05, 4.69) is 9.97 Å². The first-order valence-electron chi connectivity index (χ1n) is 2.85. The second kappa shape index (κ2) is 7.19. The number of fused-ring (bicyclic) bond motifs is 1. The number of hydrogen-bond donors (Lipinski definition) is 1. The van der Waals surface area contributed by atoms with E-state index in [4.69, 9.17) is 0 Å². The van der Waals surface area contributed by atoms with E-state index < -0.39 is 0 Å². The zero-order chi connectivity index (χ0) is 6.10. The van der Waals surface area contributed by atoms with Crippen molar-refractivity contribution >= 4 is 11.0 Å². The Labute approximate surface area is 74.5 Å². The lowest BCUT2D eigenvalue weighted by Gasteiger charge is -1.82. The summed E-state index contributed by atoms with van der Waals surface area (Å²) in [5, 5.41) is 0. The number of nitrogens with zero attached hydrogens (tertiary/aromatic N) is 1. The van der Waals surface area contributed by atoms with Crippen molar-refractivity contribution in [2.24, 2.45) is 0 Å². The molecule has 0 aliphatic heterocycles. The number of aromatic nitrogens is 2. The van der Waals surface area contributed by atoms with E-state index in [1.807, 2.05) is 24.4 Å². The van der Waals surface area contributed by atoms with Gasteiger partial charge in [-0.1, -0.05) is 0 Å². The van der Waals surface area contributed by atoms with E-state index in [0.717, 1.165) is 11.0 Å². The molecule has 0 saturated heterocycles. The summed E-state index contributed by atoms with van der Waals surface area (Å²) >= 11 is 0. The van der Waals surface area contributed by atoms with Crippen LogP contribution in [0.15, 0.2) is 30.6 Å². The van der Waals surface area contributed by atoms with Crippen molar-refractivity contribution in [2.75, 3.05) is 0 Å². The number of aromatic amines is 1. The van der Waals surface area contributed by atoms with Crippen molar-refractivity contribution in [3.8, 4) is 0 Å². The van der Waals surface area contributed by atoms with E-state index in [1.165, 1.54) is 0 Å². The van der Waals surface area contributed by atoms with Gasteiger partial charge in [0.05, 0.1) is 11.0 Å². The molecule has 0 aliphatic carbocycles. The third-order valence-electron chi connectivity index (χ3n) is 1.32. The van der Waals surface area contributed by atoms with Gasteiger partial charge in [-0.3, -0.25) is 4.98 Å². The maximum atomic E-state index is 4.11. The highest BCUT2D eigenvalue weighted by molar-refractivity contribution is 5.73. The molecule has 0 bridgehead atoms. The van der Waals surface area contributed by atoms with E-state index in [1.54, 1.807) is 6.20 Å². The van der Waals surface area contributed by atoms with Gasteiger partial charge in [0.15, 0.2) is 0 Å². The van der Waals surface area contributed by atoms with Gasteiger partial charge in [-0.15, -0.1) is 0 Å². The van der Waals surface area contributed by atoms with Gasteiger partial charge in [0.1, 0.15) is 0 Å². The third-order valence-corrected chi connectivity index (χ3v) is 1.32. The van der Waals surface area contributed by atoms with Crippen molar-refractivity contribution in [1.29, 1.82) is 0 Å². The van der Waals surface area contributed by atoms with Gasteiger partial charge in [0, 0.05) is 12.4 Å². The summed E-state index contributed by atoms with van der Waals surface area (Å²) in [6.45, 7) is 0. The van der Waals surface area contributed by atoms with E-state index >= 15 is 0 Å². The van der Waals surface area contributed by atoms with Crippen molar-refractivity contribution in [3.05, 3.63) is 30.6 Å². The minimum absolute atomic E-state index is 0. The Morgan fingerprint density at radius 3 is 2.31 bits per heavy atom. The maximum Gasteiger partial charge on any atom is 0.0878 e. The quantitative estimate of drug-likeness (QED) is 0.514. The monoisotopic (exact) mass is 190 g/mol. The molecular weight excluding hydrogens is 176 g/mol. The van der Waals surface area contributed by atoms with Crippen molar-refractivity contribution in [1.82, 2.24) is 9.97 Å². The molecule has 2 aromatic rings. The van der Waals surface area contributed by atoms with Crippen LogP contribution >= 0.6 is 0 Å². The van der Waals surface area contributed by atoms with Crippen LogP contribution in [0.2, 0.25) is 0 Å². The highest BCUT2D eigenvalue weighted by Crippen LogP contribution is 2.05. The standard InChI is InChI=1S/C7H6N2.4H2O/c1-2-6-7(8-4-1)3-5-9-6;;;;/h1-5,9H;4*1H2. The fourth-order valence-electron chi connectivity index (χ4n) is 0.883. The molecular formula is C7H14N2O4. The Bertz CT molecular complexity index is 292. The van der Waals surface area contributed by atoms with Gasteiger partial charge in [-0.25, -0.2) is 0 Å². The van der Waals surface area contributed by atoms with Crippen LogP contribution in [0.3, 0.4) is 0 Å². The molecule has 76 valence electrons. The molecule has 9 N–H and O–H groups in total. The fourth-order valence-corrected chi connectivity index (χ4v) is 0.883. The van der Waals surface area contributed by atoms with Crippen LogP contribution in [0.25, 0.3) is 11.0 Å². The van der Waals surface area contributed by atoms with Crippen LogP contribution < -0.4 is 0 Å². The fraction of sp³-hybridized carbons (Fsp3) is 0.